The topological polar surface area (TPSA) is 123 Å². The van der Waals surface area contributed by atoms with Crippen LogP contribution in [0.1, 0.15) is 12.5 Å². The monoisotopic (exact) mass is 404 g/mol. The maximum Gasteiger partial charge on any atom is 0.347 e. The second-order valence-electron chi connectivity index (χ2n) is 6.27. The van der Waals surface area contributed by atoms with Crippen molar-refractivity contribution in [3.05, 3.63) is 76.5 Å². The van der Waals surface area contributed by atoms with Gasteiger partial charge < -0.3 is 19.8 Å². The molecule has 2 aromatic heterocycles. The number of carbonyl (C=O) groups excluding carboxylic acids is 2. The third kappa shape index (κ3) is 3.55. The number of pyridine rings is 1. The normalized spacial score (nSPS) is 14.8. The number of nitrogens with zero attached hydrogens (tertiary/aromatic N) is 2. The molecule has 0 saturated heterocycles. The molecule has 3 heterocycles. The molecule has 0 radical (unpaired) electrons. The fourth-order valence-electron chi connectivity index (χ4n) is 2.98. The summed E-state index contributed by atoms with van der Waals surface area (Å²) < 4.78 is 10.7. The van der Waals surface area contributed by atoms with E-state index in [9.17, 15) is 14.5 Å². The first-order valence-corrected chi connectivity index (χ1v) is 9.09. The van der Waals surface area contributed by atoms with Gasteiger partial charge in [0.05, 0.1) is 6.61 Å². The quantitative estimate of drug-likeness (QED) is 0.277. The van der Waals surface area contributed by atoms with Gasteiger partial charge in [0.2, 0.25) is 11.7 Å². The van der Waals surface area contributed by atoms with Crippen molar-refractivity contribution in [2.75, 3.05) is 11.9 Å². The van der Waals surface area contributed by atoms with Crippen LogP contribution in [0.15, 0.2) is 71.2 Å². The molecule has 0 unspecified atom stereocenters. The predicted molar refractivity (Wildman–Crippen MR) is 109 cm³/mol. The van der Waals surface area contributed by atoms with E-state index >= 15 is 0 Å². The average molecular weight is 404 g/mol. The van der Waals surface area contributed by atoms with Crippen LogP contribution >= 0.6 is 0 Å². The number of Topliss-reactive ketones (excluding diaryl/α,β-unsaturated/α-hetero) is 1. The fraction of sp³-hybridized carbons (Fsp3) is 0.0952. The van der Waals surface area contributed by atoms with Crippen LogP contribution in [0.2, 0.25) is 0 Å². The van der Waals surface area contributed by atoms with Crippen molar-refractivity contribution in [1.29, 1.82) is 0 Å². The number of nitroso groups, excluding NO2 is 1. The number of hydrogen-bond donors (Lipinski definition) is 2. The molecule has 9 heteroatoms. The Labute approximate surface area is 170 Å². The zero-order valence-electron chi connectivity index (χ0n) is 15.8. The van der Waals surface area contributed by atoms with E-state index in [4.69, 9.17) is 9.47 Å². The molecular formula is C21H16N4O5. The Morgan fingerprint density at radius 3 is 2.83 bits per heavy atom. The van der Waals surface area contributed by atoms with Gasteiger partial charge in [-0.05, 0) is 54.6 Å². The number of allylic oxidation sites excluding steroid dienone is 1. The lowest BCUT2D eigenvalue weighted by Crippen LogP contribution is -2.16. The van der Waals surface area contributed by atoms with Crippen molar-refractivity contribution < 1.29 is 19.1 Å². The first-order chi connectivity index (χ1) is 14.6. The summed E-state index contributed by atoms with van der Waals surface area (Å²) in [5, 5.41) is 6.53. The summed E-state index contributed by atoms with van der Waals surface area (Å²) in [6, 6.07) is 9.77. The third-order valence-electron chi connectivity index (χ3n) is 4.37. The van der Waals surface area contributed by atoms with Crippen molar-refractivity contribution in [2.24, 2.45) is 5.18 Å². The standard InChI is InChI=1S/C21H16N4O5/c1-2-29-21(27)17-18(26)16(10-12-11-23-19-15(12)4-3-9-22-19)30-20(17)24-13-5-7-14(25-28)8-6-13/h3-11,24H,2H2,1H3,(H,22,23)/b16-10-. The molecular weight excluding hydrogens is 388 g/mol. The number of anilines is 1. The molecule has 0 aliphatic carbocycles. The Hall–Kier alpha value is -4.27. The smallest absolute Gasteiger partial charge is 0.347 e. The molecule has 30 heavy (non-hydrogen) atoms. The number of ketones is 1. The number of H-pyrrole nitrogens is 1. The van der Waals surface area contributed by atoms with Crippen LogP contribution in [0.3, 0.4) is 0 Å². The molecule has 1 aromatic carbocycles. The highest BCUT2D eigenvalue weighted by molar-refractivity contribution is 6.26. The number of aromatic nitrogens is 2. The van der Waals surface area contributed by atoms with Crippen LogP contribution in [-0.4, -0.2) is 28.3 Å². The van der Waals surface area contributed by atoms with Crippen LogP contribution in [-0.2, 0) is 19.1 Å². The molecule has 0 fully saturated rings. The van der Waals surface area contributed by atoms with E-state index in [1.807, 2.05) is 6.07 Å². The first kappa shape index (κ1) is 19.1. The van der Waals surface area contributed by atoms with Gasteiger partial charge in [0.15, 0.2) is 11.3 Å². The van der Waals surface area contributed by atoms with E-state index in [1.165, 1.54) is 18.2 Å². The van der Waals surface area contributed by atoms with Crippen LogP contribution in [0.5, 0.6) is 0 Å². The highest BCUT2D eigenvalue weighted by Crippen LogP contribution is 2.30. The van der Waals surface area contributed by atoms with Gasteiger partial charge in [-0.15, -0.1) is 4.91 Å². The first-order valence-electron chi connectivity index (χ1n) is 9.09. The van der Waals surface area contributed by atoms with E-state index in [1.54, 1.807) is 37.5 Å². The SMILES string of the molecule is CCOC(=O)C1=C(Nc2ccc(N=O)cc2)O/C(=C\c2c[nH]c3ncccc23)C1=O. The largest absolute Gasteiger partial charge is 0.462 e. The Morgan fingerprint density at radius 1 is 1.30 bits per heavy atom. The van der Waals surface area contributed by atoms with E-state index in [0.29, 0.717) is 16.9 Å². The fourth-order valence-corrected chi connectivity index (χ4v) is 2.98. The molecule has 3 aromatic rings. The van der Waals surface area contributed by atoms with E-state index in [-0.39, 0.29) is 29.5 Å². The Morgan fingerprint density at radius 2 is 2.10 bits per heavy atom. The summed E-state index contributed by atoms with van der Waals surface area (Å²) in [5.74, 6) is -1.47. The van der Waals surface area contributed by atoms with Crippen LogP contribution < -0.4 is 5.32 Å². The summed E-state index contributed by atoms with van der Waals surface area (Å²) in [5.41, 5.74) is 1.86. The molecule has 2 N–H and O–H groups in total. The second kappa shape index (κ2) is 8.00. The molecule has 0 atom stereocenters. The van der Waals surface area contributed by atoms with E-state index in [2.05, 4.69) is 20.5 Å². The van der Waals surface area contributed by atoms with Gasteiger partial charge >= 0.3 is 5.97 Å². The predicted octanol–water partition coefficient (Wildman–Crippen LogP) is 3.79. The molecule has 0 bridgehead atoms. The minimum Gasteiger partial charge on any atom is -0.462 e. The zero-order valence-corrected chi connectivity index (χ0v) is 15.8. The lowest BCUT2D eigenvalue weighted by atomic mass is 10.1. The summed E-state index contributed by atoms with van der Waals surface area (Å²) in [6.07, 6.45) is 4.89. The van der Waals surface area contributed by atoms with Crippen molar-refractivity contribution in [1.82, 2.24) is 9.97 Å². The van der Waals surface area contributed by atoms with E-state index < -0.39 is 11.8 Å². The van der Waals surface area contributed by atoms with Crippen molar-refractivity contribution in [3.63, 3.8) is 0 Å². The number of nitrogens with one attached hydrogen (secondary N) is 2. The molecule has 1 aliphatic rings. The number of hydrogen-bond acceptors (Lipinski definition) is 8. The summed E-state index contributed by atoms with van der Waals surface area (Å²) in [6.45, 7) is 1.75. The minimum atomic E-state index is -0.792. The molecule has 4 rings (SSSR count). The summed E-state index contributed by atoms with van der Waals surface area (Å²) in [7, 11) is 0. The molecule has 9 nitrogen and oxygen atoms in total. The van der Waals surface area contributed by atoms with Crippen molar-refractivity contribution >= 4 is 40.2 Å². The maximum atomic E-state index is 12.9. The number of aromatic amines is 1. The van der Waals surface area contributed by atoms with Crippen LogP contribution in [0, 0.1) is 4.91 Å². The lowest BCUT2D eigenvalue weighted by Gasteiger charge is -2.08. The molecule has 0 spiro atoms. The van der Waals surface area contributed by atoms with Gasteiger partial charge in [0, 0.05) is 29.0 Å². The highest BCUT2D eigenvalue weighted by atomic mass is 16.5. The number of esters is 1. The third-order valence-corrected chi connectivity index (χ3v) is 4.37. The Balaban J connectivity index is 1.69. The van der Waals surface area contributed by atoms with Crippen LogP contribution in [0.4, 0.5) is 11.4 Å². The number of ether oxygens (including phenoxy) is 2. The number of carbonyl (C=O) groups is 2. The number of fused-ring (bicyclic) bond motifs is 1. The van der Waals surface area contributed by atoms with Gasteiger partial charge in [-0.3, -0.25) is 4.79 Å². The van der Waals surface area contributed by atoms with E-state index in [0.717, 1.165) is 5.39 Å². The highest BCUT2D eigenvalue weighted by Gasteiger charge is 2.37. The molecule has 150 valence electrons. The summed E-state index contributed by atoms with van der Waals surface area (Å²) in [4.78, 5) is 43.1. The molecule has 0 amide bonds. The zero-order chi connectivity index (χ0) is 21.1. The van der Waals surface area contributed by atoms with Crippen LogP contribution in [0.25, 0.3) is 17.1 Å². The maximum absolute atomic E-state index is 12.9. The van der Waals surface area contributed by atoms with Crippen molar-refractivity contribution in [3.8, 4) is 0 Å². The van der Waals surface area contributed by atoms with Gasteiger partial charge in [0.1, 0.15) is 11.3 Å². The summed E-state index contributed by atoms with van der Waals surface area (Å²) >= 11 is 0. The van der Waals surface area contributed by atoms with Crippen molar-refractivity contribution in [2.45, 2.75) is 6.92 Å². The minimum absolute atomic E-state index is 0.0310. The van der Waals surface area contributed by atoms with Gasteiger partial charge in [-0.2, -0.15) is 0 Å². The van der Waals surface area contributed by atoms with Gasteiger partial charge in [-0.25, -0.2) is 9.78 Å². The average Bonchev–Trinajstić information content (AvgIpc) is 3.30. The number of rotatable bonds is 6. The Kier molecular flexibility index (Phi) is 5.08. The van der Waals surface area contributed by atoms with Gasteiger partial charge in [0.25, 0.3) is 0 Å². The number of benzene rings is 1. The lowest BCUT2D eigenvalue weighted by molar-refractivity contribution is -0.139. The second-order valence-corrected chi connectivity index (χ2v) is 6.27. The molecule has 1 aliphatic heterocycles. The Bertz CT molecular complexity index is 1210. The van der Waals surface area contributed by atoms with Gasteiger partial charge in [-0.1, -0.05) is 0 Å². The molecule has 0 saturated carbocycles.